The molecule has 1 amide bonds. The summed E-state index contributed by atoms with van der Waals surface area (Å²) in [6.07, 6.45) is 2.19. The zero-order valence-corrected chi connectivity index (χ0v) is 16.9. The van der Waals surface area contributed by atoms with Crippen LogP contribution < -0.4 is 0 Å². The third kappa shape index (κ3) is 3.35. The fraction of sp³-hybridized carbons (Fsp3) is 0.450. The summed E-state index contributed by atoms with van der Waals surface area (Å²) >= 11 is 0. The summed E-state index contributed by atoms with van der Waals surface area (Å²) in [4.78, 5) is 29.1. The van der Waals surface area contributed by atoms with Gasteiger partial charge in [-0.2, -0.15) is 5.10 Å². The number of likely N-dealkylation sites (tertiary alicyclic amines) is 1. The van der Waals surface area contributed by atoms with Crippen LogP contribution in [0.4, 0.5) is 0 Å². The van der Waals surface area contributed by atoms with E-state index in [9.17, 15) is 14.7 Å². The Morgan fingerprint density at radius 3 is 2.57 bits per heavy atom. The Bertz CT molecular complexity index is 924. The van der Waals surface area contributed by atoms with E-state index in [0.717, 1.165) is 6.54 Å². The van der Waals surface area contributed by atoms with Crippen molar-refractivity contribution in [3.8, 4) is 0 Å². The molecule has 0 aliphatic carbocycles. The normalized spacial score (nSPS) is 19.2. The summed E-state index contributed by atoms with van der Waals surface area (Å²) in [6.45, 7) is 4.73. The molecule has 2 aromatic rings. The Morgan fingerprint density at radius 1 is 1.32 bits per heavy atom. The molecule has 3 rings (SSSR count). The van der Waals surface area contributed by atoms with Crippen molar-refractivity contribution >= 4 is 17.4 Å². The number of aryl methyl sites for hydroxylation is 2. The van der Waals surface area contributed by atoms with Gasteiger partial charge in [0.05, 0.1) is 23.1 Å². The number of ketones is 1. The van der Waals surface area contributed by atoms with Crippen molar-refractivity contribution < 1.29 is 19.1 Å². The van der Waals surface area contributed by atoms with Crippen molar-refractivity contribution in [2.45, 2.75) is 26.3 Å². The quantitative estimate of drug-likeness (QED) is 0.464. The molecule has 1 N–H and O–H groups in total. The number of carbonyl (C=O) groups is 2. The van der Waals surface area contributed by atoms with Crippen molar-refractivity contribution in [2.24, 2.45) is 7.05 Å². The van der Waals surface area contributed by atoms with Crippen molar-refractivity contribution in [3.63, 3.8) is 0 Å². The molecular formula is C20H26N4O4. The molecule has 150 valence electrons. The van der Waals surface area contributed by atoms with Gasteiger partial charge in [0, 0.05) is 19.3 Å². The molecule has 0 unspecified atom stereocenters. The van der Waals surface area contributed by atoms with Gasteiger partial charge in [-0.1, -0.05) is 0 Å². The highest BCUT2D eigenvalue weighted by atomic mass is 16.3. The fourth-order valence-corrected chi connectivity index (χ4v) is 3.66. The van der Waals surface area contributed by atoms with Crippen LogP contribution in [0.25, 0.3) is 5.76 Å². The summed E-state index contributed by atoms with van der Waals surface area (Å²) in [5, 5.41) is 15.4. The largest absolute Gasteiger partial charge is 0.507 e. The van der Waals surface area contributed by atoms with Crippen LogP contribution in [-0.2, 0) is 16.6 Å². The van der Waals surface area contributed by atoms with E-state index in [4.69, 9.17) is 4.42 Å². The molecule has 0 spiro atoms. The molecule has 1 saturated heterocycles. The van der Waals surface area contributed by atoms with Gasteiger partial charge in [-0.25, -0.2) is 0 Å². The Morgan fingerprint density at radius 2 is 2.04 bits per heavy atom. The Balaban J connectivity index is 2.10. The average molecular weight is 386 g/mol. The van der Waals surface area contributed by atoms with Crippen molar-refractivity contribution in [3.05, 3.63) is 46.7 Å². The van der Waals surface area contributed by atoms with Crippen LogP contribution >= 0.6 is 0 Å². The van der Waals surface area contributed by atoms with Crippen LogP contribution in [0.3, 0.4) is 0 Å². The molecule has 1 aliphatic rings. The number of amides is 1. The Labute approximate surface area is 164 Å². The van der Waals surface area contributed by atoms with Crippen molar-refractivity contribution in [1.29, 1.82) is 0 Å². The first kappa shape index (κ1) is 19.9. The number of aliphatic hydroxyl groups excluding tert-OH is 1. The molecule has 2 aromatic heterocycles. The molecule has 0 bridgehead atoms. The number of Topliss-reactive ketones (excluding diaryl/α,β-unsaturated/α-hetero) is 1. The molecule has 1 aliphatic heterocycles. The van der Waals surface area contributed by atoms with E-state index in [0.29, 0.717) is 35.7 Å². The maximum absolute atomic E-state index is 12.9. The minimum absolute atomic E-state index is 0.0454. The van der Waals surface area contributed by atoms with Gasteiger partial charge in [0.1, 0.15) is 17.6 Å². The lowest BCUT2D eigenvalue weighted by atomic mass is 9.98. The first-order chi connectivity index (χ1) is 13.2. The molecule has 8 nitrogen and oxygen atoms in total. The van der Waals surface area contributed by atoms with Crippen LogP contribution in [0.15, 0.2) is 28.4 Å². The van der Waals surface area contributed by atoms with Crippen molar-refractivity contribution in [2.75, 3.05) is 27.2 Å². The lowest BCUT2D eigenvalue weighted by Crippen LogP contribution is -2.32. The van der Waals surface area contributed by atoms with Gasteiger partial charge in [0.15, 0.2) is 0 Å². The standard InChI is InChI=1S/C20H26N4O4/c1-12-15(13(2)23(5)21-12)18(25)16-17(14-8-6-11-28-14)24(20(27)19(16)26)10-7-9-22(3)4/h6,8,11,17,25H,7,9-10H2,1-5H3/b18-16+/t17-/m1/s1. The lowest BCUT2D eigenvalue weighted by Gasteiger charge is -2.24. The second-order valence-corrected chi connectivity index (χ2v) is 7.33. The lowest BCUT2D eigenvalue weighted by molar-refractivity contribution is -0.140. The zero-order valence-electron chi connectivity index (χ0n) is 16.9. The summed E-state index contributed by atoms with van der Waals surface area (Å²) in [6, 6.07) is 2.66. The summed E-state index contributed by atoms with van der Waals surface area (Å²) < 4.78 is 7.17. The SMILES string of the molecule is Cc1nn(C)c(C)c1/C(O)=C1\C(=O)C(=O)N(CCCN(C)C)[C@@H]1c1ccco1. The van der Waals surface area contributed by atoms with Crippen LogP contribution in [0.2, 0.25) is 0 Å². The monoisotopic (exact) mass is 386 g/mol. The predicted octanol–water partition coefficient (Wildman–Crippen LogP) is 2.00. The maximum atomic E-state index is 12.9. The maximum Gasteiger partial charge on any atom is 0.295 e. The van der Waals surface area contributed by atoms with E-state index in [-0.39, 0.29) is 11.3 Å². The van der Waals surface area contributed by atoms with E-state index >= 15 is 0 Å². The minimum Gasteiger partial charge on any atom is -0.507 e. The molecule has 8 heteroatoms. The average Bonchev–Trinajstić information content (AvgIpc) is 3.29. The molecule has 28 heavy (non-hydrogen) atoms. The van der Waals surface area contributed by atoms with E-state index < -0.39 is 17.7 Å². The summed E-state index contributed by atoms with van der Waals surface area (Å²) in [5.41, 5.74) is 1.83. The second-order valence-electron chi connectivity index (χ2n) is 7.33. The smallest absolute Gasteiger partial charge is 0.295 e. The number of rotatable bonds is 6. The van der Waals surface area contributed by atoms with Crippen LogP contribution in [0.1, 0.15) is 35.2 Å². The van der Waals surface area contributed by atoms with E-state index in [1.54, 1.807) is 30.8 Å². The van der Waals surface area contributed by atoms with Crippen LogP contribution in [0.5, 0.6) is 0 Å². The Kier molecular flexibility index (Phi) is 5.42. The summed E-state index contributed by atoms with van der Waals surface area (Å²) in [5.74, 6) is -1.09. The molecule has 0 saturated carbocycles. The third-order valence-corrected chi connectivity index (χ3v) is 5.10. The fourth-order valence-electron chi connectivity index (χ4n) is 3.66. The van der Waals surface area contributed by atoms with Crippen LogP contribution in [-0.4, -0.2) is 63.6 Å². The second kappa shape index (κ2) is 7.63. The molecule has 3 heterocycles. The third-order valence-electron chi connectivity index (χ3n) is 5.10. The Hall–Kier alpha value is -2.87. The van der Waals surface area contributed by atoms with E-state index in [2.05, 4.69) is 5.10 Å². The first-order valence-electron chi connectivity index (χ1n) is 9.21. The number of carbonyl (C=O) groups excluding carboxylic acids is 2. The van der Waals surface area contributed by atoms with Gasteiger partial charge in [-0.3, -0.25) is 14.3 Å². The molecule has 0 aromatic carbocycles. The molecule has 0 radical (unpaired) electrons. The van der Waals surface area contributed by atoms with Gasteiger partial charge in [-0.05, 0) is 53.0 Å². The van der Waals surface area contributed by atoms with Gasteiger partial charge in [-0.15, -0.1) is 0 Å². The number of furan rings is 1. The topological polar surface area (TPSA) is 91.8 Å². The van der Waals surface area contributed by atoms with Gasteiger partial charge in [0.2, 0.25) is 0 Å². The van der Waals surface area contributed by atoms with E-state index in [1.165, 1.54) is 11.2 Å². The predicted molar refractivity (Wildman–Crippen MR) is 104 cm³/mol. The number of nitrogens with zero attached hydrogens (tertiary/aromatic N) is 4. The minimum atomic E-state index is -0.754. The number of aliphatic hydroxyl groups is 1. The van der Waals surface area contributed by atoms with E-state index in [1.807, 2.05) is 25.9 Å². The molecule has 1 atom stereocenters. The number of hydrogen-bond acceptors (Lipinski definition) is 6. The zero-order chi connectivity index (χ0) is 20.6. The van der Waals surface area contributed by atoms with Crippen LogP contribution in [0, 0.1) is 13.8 Å². The highest BCUT2D eigenvalue weighted by molar-refractivity contribution is 6.46. The summed E-state index contributed by atoms with van der Waals surface area (Å²) in [7, 11) is 5.67. The van der Waals surface area contributed by atoms with Gasteiger partial charge < -0.3 is 19.3 Å². The number of aromatic nitrogens is 2. The molecule has 1 fully saturated rings. The van der Waals surface area contributed by atoms with Gasteiger partial charge in [0.25, 0.3) is 11.7 Å². The molecular weight excluding hydrogens is 360 g/mol. The first-order valence-corrected chi connectivity index (χ1v) is 9.21. The highest BCUT2D eigenvalue weighted by Gasteiger charge is 2.47. The van der Waals surface area contributed by atoms with Gasteiger partial charge >= 0.3 is 0 Å². The number of hydrogen-bond donors (Lipinski definition) is 1. The highest BCUT2D eigenvalue weighted by Crippen LogP contribution is 2.40. The van der Waals surface area contributed by atoms with Crippen molar-refractivity contribution in [1.82, 2.24) is 19.6 Å².